The topological polar surface area (TPSA) is 105 Å². The van der Waals surface area contributed by atoms with Gasteiger partial charge in [-0.1, -0.05) is 306 Å². The average Bonchev–Trinajstić information content (AvgIpc) is 3.42. The van der Waals surface area contributed by atoms with E-state index < -0.39 is 20.0 Å². The lowest BCUT2D eigenvalue weighted by molar-refractivity contribution is -0.870. The molecule has 3 N–H and O–H groups in total. The fraction of sp³-hybridized carbons (Fsp3) is 0.843. The van der Waals surface area contributed by atoms with E-state index in [0.717, 1.165) is 51.4 Å². The van der Waals surface area contributed by atoms with Crippen molar-refractivity contribution in [3.63, 3.8) is 0 Å². The molecule has 0 heterocycles. The number of hydrogen-bond acceptors (Lipinski definition) is 5. The third-order valence-electron chi connectivity index (χ3n) is 15.4. The Morgan fingerprint density at radius 3 is 1.09 bits per heavy atom. The second-order valence-electron chi connectivity index (χ2n) is 24.5. The van der Waals surface area contributed by atoms with Gasteiger partial charge in [0.2, 0.25) is 5.91 Å². The monoisotopic (exact) mass is 1130 g/mol. The minimum atomic E-state index is -4.37. The molecule has 79 heavy (non-hydrogen) atoms. The molecule has 1 amide bonds. The zero-order valence-corrected chi connectivity index (χ0v) is 54.0. The fourth-order valence-electron chi connectivity index (χ4n) is 10.1. The van der Waals surface area contributed by atoms with Crippen molar-refractivity contribution in [2.45, 2.75) is 341 Å². The second-order valence-corrected chi connectivity index (χ2v) is 26.0. The standard InChI is InChI=1S/C70H133N2O6P/c1-6-8-10-12-14-16-18-20-22-24-26-28-30-32-33-34-35-36-37-38-40-41-43-45-47-49-51-53-55-57-59-61-63-69(73)68(67-78-79(75,76)77-66-65-72(3,4)5)71-70(74)64-62-60-58-56-54-52-50-48-46-44-42-39-31-29-27-25-23-21-19-17-15-13-11-9-7-2/h19,21,25,27,45,47,53,55,61,63,68-69,73H,6-18,20,22-24,26,28-44,46,48-52,54,56-60,62,64-67H2,1-5H3,(H-,71,74,75,76)/p+1/b21-19-,27-25-,47-45+,55-53+,63-61+. The maximum Gasteiger partial charge on any atom is 0.472 e. The van der Waals surface area contributed by atoms with E-state index in [1.165, 1.54) is 257 Å². The van der Waals surface area contributed by atoms with E-state index in [1.807, 2.05) is 27.2 Å². The number of hydrogen-bond donors (Lipinski definition) is 3. The van der Waals surface area contributed by atoms with Crippen molar-refractivity contribution in [2.24, 2.45) is 0 Å². The number of phosphoric acid groups is 1. The summed E-state index contributed by atoms with van der Waals surface area (Å²) in [6.07, 6.45) is 83.7. The molecule has 0 aliphatic rings. The summed E-state index contributed by atoms with van der Waals surface area (Å²) in [6, 6.07) is -0.874. The Morgan fingerprint density at radius 2 is 0.734 bits per heavy atom. The van der Waals surface area contributed by atoms with Crippen LogP contribution in [0.3, 0.4) is 0 Å². The predicted molar refractivity (Wildman–Crippen MR) is 346 cm³/mol. The van der Waals surface area contributed by atoms with Gasteiger partial charge in [0.1, 0.15) is 13.2 Å². The molecule has 0 saturated heterocycles. The van der Waals surface area contributed by atoms with Gasteiger partial charge in [-0.3, -0.25) is 13.8 Å². The van der Waals surface area contributed by atoms with Crippen LogP contribution in [0.25, 0.3) is 0 Å². The highest BCUT2D eigenvalue weighted by atomic mass is 31.2. The van der Waals surface area contributed by atoms with Crippen molar-refractivity contribution in [2.75, 3.05) is 40.9 Å². The van der Waals surface area contributed by atoms with E-state index in [2.05, 4.69) is 67.8 Å². The number of rotatable bonds is 63. The van der Waals surface area contributed by atoms with E-state index in [1.54, 1.807) is 6.08 Å². The molecular formula is C70H134N2O6P+. The fourth-order valence-corrected chi connectivity index (χ4v) is 10.8. The van der Waals surface area contributed by atoms with Crippen LogP contribution in [0.1, 0.15) is 328 Å². The van der Waals surface area contributed by atoms with Crippen LogP contribution in [0.5, 0.6) is 0 Å². The Morgan fingerprint density at radius 1 is 0.430 bits per heavy atom. The van der Waals surface area contributed by atoms with Gasteiger partial charge in [-0.2, -0.15) is 0 Å². The van der Waals surface area contributed by atoms with Gasteiger partial charge in [0, 0.05) is 6.42 Å². The Labute approximate surface area is 492 Å². The van der Waals surface area contributed by atoms with Crippen molar-refractivity contribution in [1.82, 2.24) is 5.32 Å². The molecular weight excluding hydrogens is 996 g/mol. The van der Waals surface area contributed by atoms with Crippen LogP contribution in [-0.2, 0) is 18.4 Å². The molecule has 0 aliphatic carbocycles. The Hall–Kier alpha value is -1.80. The van der Waals surface area contributed by atoms with E-state index in [-0.39, 0.29) is 19.1 Å². The number of aliphatic hydroxyl groups is 1. The average molecular weight is 1130 g/mol. The van der Waals surface area contributed by atoms with Crippen molar-refractivity contribution in [3.05, 3.63) is 60.8 Å². The van der Waals surface area contributed by atoms with Gasteiger partial charge < -0.3 is 19.8 Å². The number of allylic oxidation sites excluding steroid dienone is 9. The van der Waals surface area contributed by atoms with Gasteiger partial charge in [-0.15, -0.1) is 0 Å². The summed E-state index contributed by atoms with van der Waals surface area (Å²) in [4.78, 5) is 23.4. The summed E-state index contributed by atoms with van der Waals surface area (Å²) in [6.45, 7) is 4.82. The maximum absolute atomic E-state index is 13.0. The molecule has 0 aromatic carbocycles. The van der Waals surface area contributed by atoms with Crippen LogP contribution >= 0.6 is 7.82 Å². The first-order chi connectivity index (χ1) is 38.5. The van der Waals surface area contributed by atoms with Gasteiger partial charge in [0.25, 0.3) is 0 Å². The molecule has 0 spiro atoms. The van der Waals surface area contributed by atoms with Crippen LogP contribution < -0.4 is 5.32 Å². The smallest absolute Gasteiger partial charge is 0.387 e. The maximum atomic E-state index is 13.0. The van der Waals surface area contributed by atoms with Gasteiger partial charge >= 0.3 is 7.82 Å². The van der Waals surface area contributed by atoms with Gasteiger partial charge in [0.15, 0.2) is 0 Å². The molecule has 0 aliphatic heterocycles. The first kappa shape index (κ1) is 77.2. The minimum Gasteiger partial charge on any atom is -0.387 e. The molecule has 0 aromatic heterocycles. The highest BCUT2D eigenvalue weighted by Gasteiger charge is 2.28. The number of unbranched alkanes of at least 4 members (excludes halogenated alkanes) is 42. The van der Waals surface area contributed by atoms with E-state index in [0.29, 0.717) is 17.4 Å². The molecule has 0 radical (unpaired) electrons. The molecule has 3 atom stereocenters. The number of carbonyl (C=O) groups excluding carboxylic acids is 1. The molecule has 0 saturated carbocycles. The SMILES string of the molecule is CCCCCCC/C=C\C/C=C\CCCCCCCCCCCCCCCC(=O)NC(COP(=O)(O)OCC[N+](C)(C)C)C(O)/C=C/CC/C=C/CC/C=C/CCCCCCCCCCCCCCCCCCCCCCCC. The number of carbonyl (C=O) groups is 1. The van der Waals surface area contributed by atoms with Gasteiger partial charge in [-0.25, -0.2) is 4.57 Å². The summed E-state index contributed by atoms with van der Waals surface area (Å²) < 4.78 is 23.8. The summed E-state index contributed by atoms with van der Waals surface area (Å²) in [5, 5.41) is 14.0. The lowest BCUT2D eigenvalue weighted by Gasteiger charge is -2.25. The van der Waals surface area contributed by atoms with Crippen molar-refractivity contribution in [1.29, 1.82) is 0 Å². The molecule has 0 aromatic rings. The molecule has 8 nitrogen and oxygen atoms in total. The third-order valence-corrected chi connectivity index (χ3v) is 16.4. The van der Waals surface area contributed by atoms with Crippen molar-refractivity contribution in [3.8, 4) is 0 Å². The Balaban J connectivity index is 4.15. The Kier molecular flexibility index (Phi) is 59.4. The van der Waals surface area contributed by atoms with Crippen molar-refractivity contribution >= 4 is 13.7 Å². The molecule has 0 rings (SSSR count). The predicted octanol–water partition coefficient (Wildman–Crippen LogP) is 21.6. The van der Waals surface area contributed by atoms with E-state index >= 15 is 0 Å². The highest BCUT2D eigenvalue weighted by Crippen LogP contribution is 2.43. The summed E-state index contributed by atoms with van der Waals surface area (Å²) >= 11 is 0. The van der Waals surface area contributed by atoms with Gasteiger partial charge in [0.05, 0.1) is 39.9 Å². The number of amides is 1. The normalized spacial score (nSPS) is 14.1. The number of phosphoric ester groups is 1. The van der Waals surface area contributed by atoms with E-state index in [4.69, 9.17) is 9.05 Å². The van der Waals surface area contributed by atoms with Crippen LogP contribution in [0.15, 0.2) is 60.8 Å². The molecule has 9 heteroatoms. The van der Waals surface area contributed by atoms with Crippen molar-refractivity contribution < 1.29 is 32.9 Å². The van der Waals surface area contributed by atoms with Gasteiger partial charge in [-0.05, 0) is 77.0 Å². The highest BCUT2D eigenvalue weighted by molar-refractivity contribution is 7.47. The summed E-state index contributed by atoms with van der Waals surface area (Å²) in [5.41, 5.74) is 0. The molecule has 464 valence electrons. The zero-order valence-electron chi connectivity index (χ0n) is 53.1. The first-order valence-electron chi connectivity index (χ1n) is 34.2. The van der Waals surface area contributed by atoms with Crippen LogP contribution in [0.2, 0.25) is 0 Å². The first-order valence-corrected chi connectivity index (χ1v) is 35.7. The number of nitrogens with one attached hydrogen (secondary N) is 1. The second kappa shape index (κ2) is 60.8. The van der Waals surface area contributed by atoms with Crippen LogP contribution in [0, 0.1) is 0 Å². The number of aliphatic hydroxyl groups excluding tert-OH is 1. The summed E-state index contributed by atoms with van der Waals surface area (Å²) in [7, 11) is 1.55. The third kappa shape index (κ3) is 63.6. The number of nitrogens with zero attached hydrogens (tertiary/aromatic N) is 1. The lowest BCUT2D eigenvalue weighted by atomic mass is 10.0. The zero-order chi connectivity index (χ0) is 57.7. The minimum absolute atomic E-state index is 0.0524. The largest absolute Gasteiger partial charge is 0.472 e. The van der Waals surface area contributed by atoms with E-state index in [9.17, 15) is 19.4 Å². The van der Waals surface area contributed by atoms with Crippen LogP contribution in [-0.4, -0.2) is 73.4 Å². The molecule has 3 unspecified atom stereocenters. The number of likely N-dealkylation sites (N-methyl/N-ethyl adjacent to an activating group) is 1. The lowest BCUT2D eigenvalue weighted by Crippen LogP contribution is -2.45. The Bertz CT molecular complexity index is 1470. The van der Waals surface area contributed by atoms with Crippen LogP contribution in [0.4, 0.5) is 0 Å². The molecule has 0 fully saturated rings. The summed E-state index contributed by atoms with van der Waals surface area (Å²) in [5.74, 6) is -0.189. The number of quaternary nitrogens is 1. The quantitative estimate of drug-likeness (QED) is 0.0243. The molecule has 0 bridgehead atoms.